The minimum atomic E-state index is -4.72. The molecule has 0 radical (unpaired) electrons. The predicted molar refractivity (Wildman–Crippen MR) is 79.1 cm³/mol. The fourth-order valence-corrected chi connectivity index (χ4v) is 3.26. The number of hydrogen-bond donors (Lipinski definition) is 3. The highest BCUT2D eigenvalue weighted by molar-refractivity contribution is 7.89. The van der Waals surface area contributed by atoms with E-state index in [1.165, 1.54) is 18.2 Å². The molecule has 0 spiro atoms. The van der Waals surface area contributed by atoms with E-state index in [1.807, 2.05) is 0 Å². The average Bonchev–Trinajstić information content (AvgIpc) is 3.19. The molecule has 1 aliphatic carbocycles. The summed E-state index contributed by atoms with van der Waals surface area (Å²) in [6, 6.07) is 5.02. The Morgan fingerprint density at radius 3 is 2.60 bits per heavy atom. The SMILES string of the molecule is O=C(Nc1n[nH]c(C(F)(F)F)n1)c1cccc(S(=O)(=O)NC2CC2)c1. The summed E-state index contributed by atoms with van der Waals surface area (Å²) in [4.78, 5) is 15.1. The Kier molecular flexibility index (Phi) is 4.24. The van der Waals surface area contributed by atoms with Crippen molar-refractivity contribution in [2.45, 2.75) is 30.0 Å². The molecule has 25 heavy (non-hydrogen) atoms. The van der Waals surface area contributed by atoms with Crippen LogP contribution in [0.15, 0.2) is 29.2 Å². The number of anilines is 1. The zero-order valence-electron chi connectivity index (χ0n) is 12.5. The third-order valence-electron chi connectivity index (χ3n) is 3.28. The molecular formula is C13H12F3N5O3S. The highest BCUT2D eigenvalue weighted by Gasteiger charge is 2.35. The second kappa shape index (κ2) is 6.11. The van der Waals surface area contributed by atoms with Crippen molar-refractivity contribution < 1.29 is 26.4 Å². The van der Waals surface area contributed by atoms with Crippen molar-refractivity contribution in [3.63, 3.8) is 0 Å². The maximum Gasteiger partial charge on any atom is 0.451 e. The lowest BCUT2D eigenvalue weighted by atomic mass is 10.2. The van der Waals surface area contributed by atoms with E-state index in [-0.39, 0.29) is 16.5 Å². The smallest absolute Gasteiger partial charge is 0.289 e. The second-order valence-corrected chi connectivity index (χ2v) is 7.10. The number of nitrogens with zero attached hydrogens (tertiary/aromatic N) is 2. The zero-order chi connectivity index (χ0) is 18.2. The lowest BCUT2D eigenvalue weighted by molar-refractivity contribution is -0.144. The van der Waals surface area contributed by atoms with Gasteiger partial charge in [0.2, 0.25) is 21.8 Å². The lowest BCUT2D eigenvalue weighted by Gasteiger charge is -2.07. The Hall–Kier alpha value is -2.47. The van der Waals surface area contributed by atoms with Crippen LogP contribution < -0.4 is 10.0 Å². The van der Waals surface area contributed by atoms with Gasteiger partial charge < -0.3 is 0 Å². The highest BCUT2D eigenvalue weighted by Crippen LogP contribution is 2.26. The van der Waals surface area contributed by atoms with E-state index in [2.05, 4.69) is 20.1 Å². The molecule has 8 nitrogen and oxygen atoms in total. The van der Waals surface area contributed by atoms with E-state index < -0.39 is 33.9 Å². The van der Waals surface area contributed by atoms with E-state index in [0.29, 0.717) is 0 Å². The molecule has 2 aromatic rings. The number of aromatic amines is 1. The molecule has 1 saturated carbocycles. The zero-order valence-corrected chi connectivity index (χ0v) is 13.3. The number of aromatic nitrogens is 3. The number of amides is 1. The topological polar surface area (TPSA) is 117 Å². The van der Waals surface area contributed by atoms with E-state index in [0.717, 1.165) is 18.9 Å². The van der Waals surface area contributed by atoms with Gasteiger partial charge in [-0.25, -0.2) is 13.1 Å². The molecule has 1 heterocycles. The van der Waals surface area contributed by atoms with Crippen molar-refractivity contribution in [2.75, 3.05) is 5.32 Å². The summed E-state index contributed by atoms with van der Waals surface area (Å²) < 4.78 is 64.0. The van der Waals surface area contributed by atoms with Crippen LogP contribution in [0.4, 0.5) is 19.1 Å². The van der Waals surface area contributed by atoms with Gasteiger partial charge in [-0.05, 0) is 31.0 Å². The van der Waals surface area contributed by atoms with Crippen LogP contribution in [0.2, 0.25) is 0 Å². The number of nitrogens with one attached hydrogen (secondary N) is 3. The van der Waals surface area contributed by atoms with Crippen LogP contribution in [0.3, 0.4) is 0 Å². The van der Waals surface area contributed by atoms with Crippen molar-refractivity contribution in [3.8, 4) is 0 Å². The van der Waals surface area contributed by atoms with E-state index in [9.17, 15) is 26.4 Å². The molecule has 1 aromatic heterocycles. The van der Waals surface area contributed by atoms with Gasteiger partial charge in [0, 0.05) is 11.6 Å². The monoisotopic (exact) mass is 375 g/mol. The number of carbonyl (C=O) groups excluding carboxylic acids is 1. The summed E-state index contributed by atoms with van der Waals surface area (Å²) in [5.41, 5.74) is -0.0583. The predicted octanol–water partition coefficient (Wildman–Crippen LogP) is 1.52. The van der Waals surface area contributed by atoms with Gasteiger partial charge in [-0.1, -0.05) is 6.07 Å². The van der Waals surface area contributed by atoms with Crippen molar-refractivity contribution in [3.05, 3.63) is 35.7 Å². The molecule has 3 rings (SSSR count). The molecule has 134 valence electrons. The summed E-state index contributed by atoms with van der Waals surface area (Å²) in [5, 5.41) is 6.98. The molecule has 0 atom stereocenters. The van der Waals surface area contributed by atoms with Crippen LogP contribution in [0.25, 0.3) is 0 Å². The van der Waals surface area contributed by atoms with Gasteiger partial charge in [-0.2, -0.15) is 18.2 Å². The molecule has 1 aliphatic rings. The number of rotatable bonds is 5. The van der Waals surface area contributed by atoms with Crippen molar-refractivity contribution in [1.29, 1.82) is 0 Å². The highest BCUT2D eigenvalue weighted by atomic mass is 32.2. The third kappa shape index (κ3) is 4.14. The Bertz CT molecular complexity index is 906. The summed E-state index contributed by atoms with van der Waals surface area (Å²) in [7, 11) is -3.76. The first kappa shape index (κ1) is 17.4. The van der Waals surface area contributed by atoms with E-state index >= 15 is 0 Å². The molecule has 0 aliphatic heterocycles. The third-order valence-corrected chi connectivity index (χ3v) is 4.80. The fraction of sp³-hybridized carbons (Fsp3) is 0.308. The maximum atomic E-state index is 12.4. The fourth-order valence-electron chi connectivity index (χ4n) is 1.91. The molecule has 12 heteroatoms. The van der Waals surface area contributed by atoms with Gasteiger partial charge >= 0.3 is 6.18 Å². The first-order valence-electron chi connectivity index (χ1n) is 7.08. The van der Waals surface area contributed by atoms with E-state index in [4.69, 9.17) is 0 Å². The Labute approximate surface area is 139 Å². The van der Waals surface area contributed by atoms with Gasteiger partial charge in [0.1, 0.15) is 0 Å². The van der Waals surface area contributed by atoms with Gasteiger partial charge in [-0.15, -0.1) is 5.10 Å². The van der Waals surface area contributed by atoms with Crippen LogP contribution in [-0.4, -0.2) is 35.5 Å². The molecule has 0 bridgehead atoms. The minimum Gasteiger partial charge on any atom is -0.289 e. The first-order valence-corrected chi connectivity index (χ1v) is 8.57. The summed E-state index contributed by atoms with van der Waals surface area (Å²) in [6.45, 7) is 0. The van der Waals surface area contributed by atoms with Gasteiger partial charge in [-0.3, -0.25) is 15.2 Å². The molecule has 1 amide bonds. The standard InChI is InChI=1S/C13H12F3N5O3S/c14-13(15,16)11-18-12(20-19-11)17-10(22)7-2-1-3-9(6-7)25(23,24)21-8-4-5-8/h1-3,6,8,21H,4-5H2,(H2,17,18,19,20,22). The molecular weight excluding hydrogens is 363 g/mol. The molecule has 0 saturated heterocycles. The Morgan fingerprint density at radius 1 is 1.28 bits per heavy atom. The largest absolute Gasteiger partial charge is 0.451 e. The molecule has 0 unspecified atom stereocenters. The maximum absolute atomic E-state index is 12.4. The Morgan fingerprint density at radius 2 is 2.00 bits per heavy atom. The summed E-state index contributed by atoms with van der Waals surface area (Å²) in [5.74, 6) is -2.76. The second-order valence-electron chi connectivity index (χ2n) is 5.38. The van der Waals surface area contributed by atoms with Crippen LogP contribution in [-0.2, 0) is 16.2 Å². The molecule has 1 aromatic carbocycles. The normalized spacial score (nSPS) is 15.2. The number of sulfonamides is 1. The number of carbonyl (C=O) groups is 1. The number of halogens is 3. The summed E-state index contributed by atoms with van der Waals surface area (Å²) >= 11 is 0. The van der Waals surface area contributed by atoms with Crippen molar-refractivity contribution in [2.24, 2.45) is 0 Å². The van der Waals surface area contributed by atoms with E-state index in [1.54, 1.807) is 5.10 Å². The molecule has 1 fully saturated rings. The lowest BCUT2D eigenvalue weighted by Crippen LogP contribution is -2.26. The number of alkyl halides is 3. The number of benzene rings is 1. The van der Waals surface area contributed by atoms with Crippen LogP contribution in [0, 0.1) is 0 Å². The number of hydrogen-bond acceptors (Lipinski definition) is 5. The van der Waals surface area contributed by atoms with Gasteiger partial charge in [0.25, 0.3) is 5.91 Å². The summed E-state index contributed by atoms with van der Waals surface area (Å²) in [6.07, 6.45) is -3.21. The van der Waals surface area contributed by atoms with Crippen LogP contribution in [0.5, 0.6) is 0 Å². The van der Waals surface area contributed by atoms with Gasteiger partial charge in [0.15, 0.2) is 0 Å². The average molecular weight is 375 g/mol. The molecule has 3 N–H and O–H groups in total. The quantitative estimate of drug-likeness (QED) is 0.733. The Balaban J connectivity index is 1.76. The first-order chi connectivity index (χ1) is 11.6. The minimum absolute atomic E-state index is 0.0583. The van der Waals surface area contributed by atoms with Crippen molar-refractivity contribution in [1.82, 2.24) is 19.9 Å². The van der Waals surface area contributed by atoms with Crippen LogP contribution in [0.1, 0.15) is 29.0 Å². The number of H-pyrrole nitrogens is 1. The van der Waals surface area contributed by atoms with Crippen molar-refractivity contribution >= 4 is 21.9 Å². The van der Waals surface area contributed by atoms with Gasteiger partial charge in [0.05, 0.1) is 4.90 Å². The van der Waals surface area contributed by atoms with Crippen LogP contribution >= 0.6 is 0 Å².